The summed E-state index contributed by atoms with van der Waals surface area (Å²) in [4.78, 5) is 18.0. The predicted molar refractivity (Wildman–Crippen MR) is 86.4 cm³/mol. The Morgan fingerprint density at radius 1 is 1.20 bits per heavy atom. The summed E-state index contributed by atoms with van der Waals surface area (Å²) in [6.07, 6.45) is 2.15. The van der Waals surface area contributed by atoms with Crippen LogP contribution in [0.4, 0.5) is 4.39 Å². The third-order valence-electron chi connectivity index (χ3n) is 4.30. The number of alkyl halides is 1. The molecule has 7 heteroatoms. The number of hydrogen-bond donors (Lipinski definition) is 0. The maximum absolute atomic E-state index is 15.5. The zero-order chi connectivity index (χ0) is 17.3. The highest BCUT2D eigenvalue weighted by atomic mass is 19.1. The molecule has 128 valence electrons. The molecule has 1 aliphatic heterocycles. The molecule has 2 aromatic heterocycles. The van der Waals surface area contributed by atoms with Gasteiger partial charge in [-0.3, -0.25) is 4.79 Å². The second-order valence-electron chi connectivity index (χ2n) is 6.06. The van der Waals surface area contributed by atoms with Crippen molar-refractivity contribution in [2.24, 2.45) is 0 Å². The van der Waals surface area contributed by atoms with Crippen LogP contribution >= 0.6 is 0 Å². The van der Waals surface area contributed by atoms with E-state index in [1.807, 2.05) is 30.3 Å². The molecule has 0 bridgehead atoms. The fourth-order valence-electron chi connectivity index (χ4n) is 3.02. The van der Waals surface area contributed by atoms with Gasteiger partial charge in [-0.05, 0) is 25.0 Å². The maximum atomic E-state index is 15.5. The number of piperidine rings is 1. The molecule has 1 amide bonds. The molecule has 0 aliphatic carbocycles. The Bertz CT molecular complexity index is 863. The lowest BCUT2D eigenvalue weighted by molar-refractivity contribution is 0.0136. The largest absolute Gasteiger partial charge is 0.459 e. The summed E-state index contributed by atoms with van der Waals surface area (Å²) in [6.45, 7) is 0.327. The Hall–Kier alpha value is -2.96. The van der Waals surface area contributed by atoms with Gasteiger partial charge in [-0.2, -0.15) is 4.98 Å². The molecule has 3 heterocycles. The fourth-order valence-corrected chi connectivity index (χ4v) is 3.02. The van der Waals surface area contributed by atoms with Gasteiger partial charge in [0.25, 0.3) is 11.8 Å². The zero-order valence-electron chi connectivity index (χ0n) is 13.4. The molecule has 0 saturated carbocycles. The number of benzene rings is 1. The fraction of sp³-hybridized carbons (Fsp3) is 0.278. The van der Waals surface area contributed by atoms with Crippen molar-refractivity contribution in [3.05, 3.63) is 60.4 Å². The summed E-state index contributed by atoms with van der Waals surface area (Å²) >= 11 is 0. The number of aromatic nitrogens is 2. The second kappa shape index (κ2) is 6.16. The van der Waals surface area contributed by atoms with Gasteiger partial charge in [0, 0.05) is 12.1 Å². The van der Waals surface area contributed by atoms with E-state index in [9.17, 15) is 4.79 Å². The van der Waals surface area contributed by atoms with Gasteiger partial charge in [0.2, 0.25) is 11.5 Å². The van der Waals surface area contributed by atoms with E-state index in [0.717, 1.165) is 5.56 Å². The van der Waals surface area contributed by atoms with Crippen molar-refractivity contribution in [2.75, 3.05) is 13.1 Å². The molecule has 1 saturated heterocycles. The van der Waals surface area contributed by atoms with Gasteiger partial charge in [-0.1, -0.05) is 35.5 Å². The molecule has 0 spiro atoms. The van der Waals surface area contributed by atoms with E-state index < -0.39 is 5.67 Å². The van der Waals surface area contributed by atoms with Crippen LogP contribution in [0.3, 0.4) is 0 Å². The Morgan fingerprint density at radius 2 is 2.04 bits per heavy atom. The highest BCUT2D eigenvalue weighted by Gasteiger charge is 2.44. The van der Waals surface area contributed by atoms with Gasteiger partial charge in [0.15, 0.2) is 5.76 Å². The number of carbonyl (C=O) groups excluding carboxylic acids is 1. The van der Waals surface area contributed by atoms with E-state index in [1.54, 1.807) is 12.1 Å². The molecule has 1 fully saturated rings. The first-order valence-electron chi connectivity index (χ1n) is 8.07. The van der Waals surface area contributed by atoms with E-state index in [4.69, 9.17) is 8.94 Å². The highest BCUT2D eigenvalue weighted by molar-refractivity contribution is 5.91. The van der Waals surface area contributed by atoms with Crippen LogP contribution in [-0.4, -0.2) is 34.0 Å². The molecule has 0 radical (unpaired) electrons. The number of nitrogens with zero attached hydrogens (tertiary/aromatic N) is 3. The monoisotopic (exact) mass is 341 g/mol. The third kappa shape index (κ3) is 2.93. The third-order valence-corrected chi connectivity index (χ3v) is 4.30. The van der Waals surface area contributed by atoms with Crippen molar-refractivity contribution in [2.45, 2.75) is 18.5 Å². The SMILES string of the molecule is O=C(c1ccco1)N1CCCC(F)(c2nc(-c3ccccc3)no2)C1. The first kappa shape index (κ1) is 15.6. The molecular formula is C18H16FN3O3. The van der Waals surface area contributed by atoms with E-state index >= 15 is 4.39 Å². The van der Waals surface area contributed by atoms with E-state index in [2.05, 4.69) is 10.1 Å². The van der Waals surface area contributed by atoms with Crippen LogP contribution in [-0.2, 0) is 5.67 Å². The van der Waals surface area contributed by atoms with Gasteiger partial charge >= 0.3 is 0 Å². The maximum Gasteiger partial charge on any atom is 0.289 e. The van der Waals surface area contributed by atoms with E-state index in [1.165, 1.54) is 11.2 Å². The summed E-state index contributed by atoms with van der Waals surface area (Å²) in [5.74, 6) is 0.0969. The predicted octanol–water partition coefficient (Wildman–Crippen LogP) is 3.43. The number of likely N-dealkylation sites (tertiary alicyclic amines) is 1. The Kier molecular flexibility index (Phi) is 3.83. The average molecular weight is 341 g/mol. The van der Waals surface area contributed by atoms with Gasteiger partial charge in [-0.25, -0.2) is 4.39 Å². The highest BCUT2D eigenvalue weighted by Crippen LogP contribution is 2.36. The van der Waals surface area contributed by atoms with Gasteiger partial charge in [0.05, 0.1) is 12.8 Å². The molecule has 6 nitrogen and oxygen atoms in total. The van der Waals surface area contributed by atoms with Crippen LogP contribution in [0.1, 0.15) is 29.3 Å². The van der Waals surface area contributed by atoms with Crippen LogP contribution in [0.2, 0.25) is 0 Å². The van der Waals surface area contributed by atoms with E-state index in [0.29, 0.717) is 18.8 Å². The molecule has 3 aromatic rings. The smallest absolute Gasteiger partial charge is 0.289 e. The van der Waals surface area contributed by atoms with Gasteiger partial charge in [-0.15, -0.1) is 0 Å². The zero-order valence-corrected chi connectivity index (χ0v) is 13.4. The topological polar surface area (TPSA) is 72.4 Å². The molecule has 25 heavy (non-hydrogen) atoms. The van der Waals surface area contributed by atoms with Crippen LogP contribution in [0.25, 0.3) is 11.4 Å². The van der Waals surface area contributed by atoms with Crippen molar-refractivity contribution in [3.63, 3.8) is 0 Å². The van der Waals surface area contributed by atoms with Crippen LogP contribution in [0.15, 0.2) is 57.7 Å². The Morgan fingerprint density at radius 3 is 2.80 bits per heavy atom. The number of carbonyl (C=O) groups is 1. The normalized spacial score (nSPS) is 20.6. The summed E-state index contributed by atoms with van der Waals surface area (Å²) < 4.78 is 25.8. The number of hydrogen-bond acceptors (Lipinski definition) is 5. The first-order chi connectivity index (χ1) is 12.2. The Labute approximate surface area is 143 Å². The quantitative estimate of drug-likeness (QED) is 0.730. The lowest BCUT2D eigenvalue weighted by Crippen LogP contribution is -2.46. The van der Waals surface area contributed by atoms with E-state index in [-0.39, 0.29) is 30.5 Å². The van der Waals surface area contributed by atoms with Crippen LogP contribution < -0.4 is 0 Å². The number of amides is 1. The molecule has 1 unspecified atom stereocenters. The standard InChI is InChI=1S/C18H16FN3O3/c19-18(17-20-15(21-25-17)13-6-2-1-3-7-13)9-5-10-22(12-18)16(23)14-8-4-11-24-14/h1-4,6-8,11H,5,9-10,12H2. The summed E-state index contributed by atoms with van der Waals surface area (Å²) in [6, 6.07) is 12.4. The number of halogens is 1. The summed E-state index contributed by atoms with van der Waals surface area (Å²) in [5, 5.41) is 3.88. The lowest BCUT2D eigenvalue weighted by atomic mass is 9.94. The molecule has 1 aliphatic rings. The van der Waals surface area contributed by atoms with Crippen molar-refractivity contribution in [3.8, 4) is 11.4 Å². The van der Waals surface area contributed by atoms with Crippen molar-refractivity contribution in [1.29, 1.82) is 0 Å². The average Bonchev–Trinajstić information content (AvgIpc) is 3.34. The minimum atomic E-state index is -1.86. The summed E-state index contributed by atoms with van der Waals surface area (Å²) in [7, 11) is 0. The van der Waals surface area contributed by atoms with Crippen molar-refractivity contribution in [1.82, 2.24) is 15.0 Å². The first-order valence-corrected chi connectivity index (χ1v) is 8.07. The van der Waals surface area contributed by atoms with Crippen LogP contribution in [0, 0.1) is 0 Å². The molecule has 0 N–H and O–H groups in total. The summed E-state index contributed by atoms with van der Waals surface area (Å²) in [5.41, 5.74) is -1.11. The van der Waals surface area contributed by atoms with Crippen molar-refractivity contribution >= 4 is 5.91 Å². The Balaban J connectivity index is 1.57. The van der Waals surface area contributed by atoms with Gasteiger partial charge < -0.3 is 13.8 Å². The number of furan rings is 1. The minimum absolute atomic E-state index is 0.0942. The lowest BCUT2D eigenvalue weighted by Gasteiger charge is -2.34. The van der Waals surface area contributed by atoms with Gasteiger partial charge in [0.1, 0.15) is 0 Å². The van der Waals surface area contributed by atoms with Crippen molar-refractivity contribution < 1.29 is 18.1 Å². The minimum Gasteiger partial charge on any atom is -0.459 e. The van der Waals surface area contributed by atoms with Crippen LogP contribution in [0.5, 0.6) is 0 Å². The molecule has 1 atom stereocenters. The number of rotatable bonds is 3. The molecular weight excluding hydrogens is 325 g/mol. The molecule has 4 rings (SSSR count). The molecule has 1 aromatic carbocycles. The second-order valence-corrected chi connectivity index (χ2v) is 6.06.